The number of rotatable bonds is 29. The number of ketones is 1. The van der Waals surface area contributed by atoms with E-state index in [1.54, 1.807) is 90.3 Å². The largest absolute Gasteiger partial charge is 0.494 e. The van der Waals surface area contributed by atoms with Gasteiger partial charge in [-0.05, 0) is 123 Å². The summed E-state index contributed by atoms with van der Waals surface area (Å²) in [5.74, 6) is 0.242. The number of esters is 3. The van der Waals surface area contributed by atoms with Crippen LogP contribution >= 0.6 is 11.3 Å². The van der Waals surface area contributed by atoms with Crippen LogP contribution in [0.15, 0.2) is 139 Å². The first-order chi connectivity index (χ1) is 35.0. The molecule has 0 saturated carbocycles. The Hall–Kier alpha value is -7.15. The van der Waals surface area contributed by atoms with Crippen molar-refractivity contribution in [1.82, 2.24) is 4.90 Å². The van der Waals surface area contributed by atoms with Crippen molar-refractivity contribution >= 4 is 55.2 Å². The number of aliphatic hydroxyl groups is 2. The number of ether oxygens (including phenoxy) is 8. The predicted molar refractivity (Wildman–Crippen MR) is 273 cm³/mol. The Bertz CT molecular complexity index is 2680. The summed E-state index contributed by atoms with van der Waals surface area (Å²) in [4.78, 5) is 62.2. The maximum atomic E-state index is 13.2. The molecule has 0 aliphatic carbocycles. The van der Waals surface area contributed by atoms with E-state index in [0.29, 0.717) is 77.6 Å². The van der Waals surface area contributed by atoms with Gasteiger partial charge >= 0.3 is 17.9 Å². The summed E-state index contributed by atoms with van der Waals surface area (Å²) in [7, 11) is 0. The number of hydrogen-bond donors (Lipinski definition) is 2. The number of fused-ring (bicyclic) bond motifs is 2. The lowest BCUT2D eigenvalue weighted by Crippen LogP contribution is -2.32. The molecule has 0 spiro atoms. The van der Waals surface area contributed by atoms with Crippen LogP contribution in [0.5, 0.6) is 17.2 Å². The Kier molecular flexibility index (Phi) is 23.7. The van der Waals surface area contributed by atoms with Crippen LogP contribution in [0.4, 0.5) is 0 Å². The van der Waals surface area contributed by atoms with Crippen molar-refractivity contribution < 1.29 is 67.3 Å². The number of hydrogen-bond acceptors (Lipinski definition) is 17. The number of carbonyl (C=O) groups is 4. The molecule has 1 aromatic heterocycles. The molecule has 2 heterocycles. The molecule has 0 atom stereocenters. The number of carbonyl (C=O) groups excluding carboxylic acids is 4. The second-order valence-electron chi connectivity index (χ2n) is 16.0. The zero-order valence-electron chi connectivity index (χ0n) is 40.3. The lowest BCUT2D eigenvalue weighted by molar-refractivity contribution is -0.145. The first kappa shape index (κ1) is 55.8. The summed E-state index contributed by atoms with van der Waals surface area (Å²) >= 11 is 1.55. The Morgan fingerprint density at radius 1 is 0.681 bits per heavy atom. The van der Waals surface area contributed by atoms with Gasteiger partial charge in [-0.3, -0.25) is 19.3 Å². The van der Waals surface area contributed by atoms with Crippen molar-refractivity contribution in [2.24, 2.45) is 0 Å². The molecule has 4 aromatic carbocycles. The molecule has 0 bridgehead atoms. The monoisotopic (exact) mass is 1010 g/mol. The van der Waals surface area contributed by atoms with Crippen molar-refractivity contribution in [2.45, 2.75) is 45.3 Å². The van der Waals surface area contributed by atoms with Crippen LogP contribution in [0.2, 0.25) is 0 Å². The van der Waals surface area contributed by atoms with Crippen LogP contribution in [0, 0.1) is 0 Å². The lowest BCUT2D eigenvalue weighted by Gasteiger charge is -2.19. The fourth-order valence-corrected chi connectivity index (χ4v) is 7.81. The molecule has 1 aliphatic heterocycles. The Morgan fingerprint density at radius 2 is 1.25 bits per heavy atom. The van der Waals surface area contributed by atoms with E-state index in [-0.39, 0.29) is 70.0 Å². The fraction of sp³-hybridized carbons (Fsp3) is 0.327. The molecule has 72 heavy (non-hydrogen) atoms. The van der Waals surface area contributed by atoms with Crippen molar-refractivity contribution in [3.05, 3.63) is 161 Å². The van der Waals surface area contributed by atoms with Gasteiger partial charge in [0.2, 0.25) is 0 Å². The van der Waals surface area contributed by atoms with Crippen molar-refractivity contribution in [1.29, 1.82) is 0 Å². The highest BCUT2D eigenvalue weighted by Crippen LogP contribution is 2.28. The van der Waals surface area contributed by atoms with Gasteiger partial charge in [-0.2, -0.15) is 0 Å². The summed E-state index contributed by atoms with van der Waals surface area (Å²) in [6, 6.07) is 24.5. The lowest BCUT2D eigenvalue weighted by atomic mass is 10.0. The number of aliphatic hydroxyl groups excluding tert-OH is 2. The third-order valence-corrected chi connectivity index (χ3v) is 11.7. The highest BCUT2D eigenvalue weighted by molar-refractivity contribution is 7.24. The molecule has 17 heteroatoms. The second-order valence-corrected chi connectivity index (χ2v) is 17.1. The summed E-state index contributed by atoms with van der Waals surface area (Å²) in [5, 5.41) is 19.2. The second kappa shape index (κ2) is 30.6. The van der Waals surface area contributed by atoms with Crippen LogP contribution in [0.1, 0.15) is 54.1 Å². The number of nitrogens with zero attached hydrogens (tertiary/aromatic N) is 1. The fourth-order valence-electron chi connectivity index (χ4n) is 6.78. The maximum Gasteiger partial charge on any atom is 0.333 e. The molecule has 0 amide bonds. The maximum absolute atomic E-state index is 13.2. The molecule has 382 valence electrons. The van der Waals surface area contributed by atoms with Gasteiger partial charge in [-0.15, -0.1) is 11.3 Å². The Balaban J connectivity index is 0.000000268. The first-order valence-corrected chi connectivity index (χ1v) is 24.2. The van der Waals surface area contributed by atoms with E-state index >= 15 is 0 Å². The quantitative estimate of drug-likeness (QED) is 0.0118. The van der Waals surface area contributed by atoms with Crippen LogP contribution in [0.25, 0.3) is 20.2 Å². The summed E-state index contributed by atoms with van der Waals surface area (Å²) < 4.78 is 44.7. The van der Waals surface area contributed by atoms with E-state index < -0.39 is 17.9 Å². The SMILES string of the molecule is C=C(C)C(=O)OCc1ccc2sc3ccc(OCCCCCOC4C=COC=C4)cc3c(=O)c2c1.C=CC(=O)OCCOc1ccc(C(=O)c2ccc(OCCOC(=O)CCN(CCO)CCO)cc2)cc1. The van der Waals surface area contributed by atoms with Crippen LogP contribution in [0.3, 0.4) is 0 Å². The third-order valence-electron chi connectivity index (χ3n) is 10.6. The zero-order chi connectivity index (χ0) is 51.5. The summed E-state index contributed by atoms with van der Waals surface area (Å²) in [6.45, 7) is 11.4. The van der Waals surface area contributed by atoms with Crippen molar-refractivity contribution in [3.8, 4) is 17.2 Å². The van der Waals surface area contributed by atoms with E-state index in [0.717, 1.165) is 40.3 Å². The van der Waals surface area contributed by atoms with Gasteiger partial charge in [0.1, 0.15) is 56.4 Å². The normalized spacial score (nSPS) is 11.8. The van der Waals surface area contributed by atoms with Gasteiger partial charge < -0.3 is 48.1 Å². The van der Waals surface area contributed by atoms with Crippen LogP contribution < -0.4 is 19.6 Å². The van der Waals surface area contributed by atoms with E-state index in [1.807, 2.05) is 42.5 Å². The van der Waals surface area contributed by atoms with Gasteiger partial charge in [0, 0.05) is 69.2 Å². The topological polar surface area (TPSA) is 203 Å². The summed E-state index contributed by atoms with van der Waals surface area (Å²) in [5.41, 5.74) is 2.02. The van der Waals surface area contributed by atoms with Gasteiger partial charge in [0.15, 0.2) is 11.2 Å². The van der Waals surface area contributed by atoms with Crippen molar-refractivity contribution in [3.63, 3.8) is 0 Å². The van der Waals surface area contributed by atoms with Gasteiger partial charge in [0.25, 0.3) is 0 Å². The highest BCUT2D eigenvalue weighted by atomic mass is 32.1. The van der Waals surface area contributed by atoms with E-state index in [1.165, 1.54) is 0 Å². The minimum Gasteiger partial charge on any atom is -0.494 e. The highest BCUT2D eigenvalue weighted by Gasteiger charge is 2.13. The Labute approximate surface area is 422 Å². The molecular weight excluding hydrogens is 947 g/mol. The standard InChI is InChI=1S/C28H28O6S.C27H33NO9/c1-19(2)28(30)34-18-20-6-8-25-23(16-20)27(29)24-17-22(7-9-26(24)35-25)33-13-5-3-4-12-32-21-10-14-31-15-11-21;1-2-25(31)36-19-17-34-23-7-3-21(4-8-23)27(33)22-5-9-24(10-6-22)35-18-20-37-26(32)11-12-28(13-15-29)14-16-30/h6-11,14-17,21H,1,3-5,12-13,18H2,2H3;2-10,29-30H,1,11-20H2. The molecule has 0 unspecified atom stereocenters. The molecule has 0 fully saturated rings. The molecule has 0 saturated heterocycles. The summed E-state index contributed by atoms with van der Waals surface area (Å²) in [6.07, 6.45) is 11.0. The smallest absolute Gasteiger partial charge is 0.333 e. The van der Waals surface area contributed by atoms with Crippen molar-refractivity contribution in [2.75, 3.05) is 72.5 Å². The first-order valence-electron chi connectivity index (χ1n) is 23.4. The molecule has 0 radical (unpaired) electrons. The molecular formula is C55H61NO15S. The molecule has 16 nitrogen and oxygen atoms in total. The average molecular weight is 1010 g/mol. The van der Waals surface area contributed by atoms with E-state index in [2.05, 4.69) is 13.2 Å². The minimum absolute atomic E-state index is 0.0153. The van der Waals surface area contributed by atoms with E-state index in [4.69, 9.17) is 48.1 Å². The van der Waals surface area contributed by atoms with Gasteiger partial charge in [-0.1, -0.05) is 19.2 Å². The minimum atomic E-state index is -0.516. The molecule has 6 rings (SSSR count). The molecule has 1 aliphatic rings. The third kappa shape index (κ3) is 18.9. The number of unbranched alkanes of at least 4 members (excludes halogenated alkanes) is 2. The van der Waals surface area contributed by atoms with Gasteiger partial charge in [0.05, 0.1) is 38.8 Å². The van der Waals surface area contributed by atoms with Crippen LogP contribution in [-0.4, -0.2) is 117 Å². The molecule has 5 aromatic rings. The van der Waals surface area contributed by atoms with E-state index in [9.17, 15) is 24.0 Å². The number of benzene rings is 4. The van der Waals surface area contributed by atoms with Crippen LogP contribution in [-0.2, 0) is 44.7 Å². The molecule has 2 N–H and O–H groups in total. The average Bonchev–Trinajstić information content (AvgIpc) is 3.40. The van der Waals surface area contributed by atoms with Gasteiger partial charge in [-0.25, -0.2) is 9.59 Å². The predicted octanol–water partition coefficient (Wildman–Crippen LogP) is 7.65. The Morgan fingerprint density at radius 3 is 1.86 bits per heavy atom. The zero-order valence-corrected chi connectivity index (χ0v) is 41.1.